The van der Waals surface area contributed by atoms with Crippen molar-refractivity contribution < 1.29 is 14.3 Å². The molecule has 2 fully saturated rings. The predicted octanol–water partition coefficient (Wildman–Crippen LogP) is 4.40. The molecule has 0 bridgehead atoms. The third-order valence-electron chi connectivity index (χ3n) is 8.13. The lowest BCUT2D eigenvalue weighted by molar-refractivity contribution is 0.0657. The maximum absolute atomic E-state index is 13.4. The van der Waals surface area contributed by atoms with Gasteiger partial charge in [0.2, 0.25) is 0 Å². The summed E-state index contributed by atoms with van der Waals surface area (Å²) in [4.78, 5) is 18.1. The normalized spacial score (nSPS) is 24.8. The lowest BCUT2D eigenvalue weighted by atomic mass is 9.96. The van der Waals surface area contributed by atoms with Crippen molar-refractivity contribution in [2.75, 3.05) is 32.8 Å². The highest BCUT2D eigenvalue weighted by atomic mass is 16.5. The van der Waals surface area contributed by atoms with Gasteiger partial charge < -0.3 is 14.4 Å². The van der Waals surface area contributed by atoms with Crippen LogP contribution < -0.4 is 4.74 Å². The zero-order chi connectivity index (χ0) is 22.9. The highest BCUT2D eigenvalue weighted by Gasteiger charge is 2.34. The summed E-state index contributed by atoms with van der Waals surface area (Å²) in [5.41, 5.74) is 6.25. The van der Waals surface area contributed by atoms with Crippen LogP contribution in [0, 0.1) is 0 Å². The molecule has 0 radical (unpaired) electrons. The Bertz CT molecular complexity index is 1040. The molecule has 2 aromatic rings. The minimum atomic E-state index is 0.179. The second-order valence-corrected chi connectivity index (χ2v) is 10.5. The van der Waals surface area contributed by atoms with Gasteiger partial charge in [-0.05, 0) is 98.5 Å². The van der Waals surface area contributed by atoms with E-state index in [0.29, 0.717) is 6.61 Å². The largest absolute Gasteiger partial charge is 0.491 e. The molecule has 6 rings (SSSR count). The summed E-state index contributed by atoms with van der Waals surface area (Å²) >= 11 is 0. The van der Waals surface area contributed by atoms with Gasteiger partial charge in [-0.3, -0.25) is 9.69 Å². The Morgan fingerprint density at radius 1 is 0.912 bits per heavy atom. The molecule has 180 valence electrons. The second kappa shape index (κ2) is 9.71. The number of benzene rings is 2. The molecule has 5 heteroatoms. The van der Waals surface area contributed by atoms with Crippen LogP contribution in [-0.4, -0.2) is 60.7 Å². The maximum atomic E-state index is 13.4. The van der Waals surface area contributed by atoms with Gasteiger partial charge in [-0.15, -0.1) is 0 Å². The van der Waals surface area contributed by atoms with Gasteiger partial charge >= 0.3 is 0 Å². The average molecular weight is 461 g/mol. The van der Waals surface area contributed by atoms with Crippen LogP contribution in [-0.2, 0) is 30.5 Å². The molecule has 0 N–H and O–H groups in total. The minimum Gasteiger partial charge on any atom is -0.491 e. The number of carbonyl (C=O) groups excluding carboxylic acids is 1. The van der Waals surface area contributed by atoms with Crippen LogP contribution in [0.25, 0.3) is 0 Å². The highest BCUT2D eigenvalue weighted by molar-refractivity contribution is 5.97. The van der Waals surface area contributed by atoms with Crippen molar-refractivity contribution in [3.8, 4) is 5.75 Å². The van der Waals surface area contributed by atoms with Crippen molar-refractivity contribution in [2.24, 2.45) is 0 Å². The van der Waals surface area contributed by atoms with Crippen LogP contribution in [0.5, 0.6) is 5.75 Å². The van der Waals surface area contributed by atoms with E-state index in [4.69, 9.17) is 9.47 Å². The van der Waals surface area contributed by atoms with Gasteiger partial charge in [-0.25, -0.2) is 0 Å². The van der Waals surface area contributed by atoms with Crippen molar-refractivity contribution in [3.05, 3.63) is 64.2 Å². The molecule has 2 atom stereocenters. The van der Waals surface area contributed by atoms with E-state index < -0.39 is 0 Å². The van der Waals surface area contributed by atoms with E-state index in [2.05, 4.69) is 34.1 Å². The molecule has 0 saturated carbocycles. The first-order valence-corrected chi connectivity index (χ1v) is 13.2. The van der Waals surface area contributed by atoms with Crippen LogP contribution in [0.4, 0.5) is 0 Å². The fourth-order valence-electron chi connectivity index (χ4n) is 6.23. The van der Waals surface area contributed by atoms with E-state index in [1.165, 1.54) is 49.0 Å². The van der Waals surface area contributed by atoms with Crippen molar-refractivity contribution >= 4 is 5.91 Å². The first kappa shape index (κ1) is 22.1. The molecule has 2 unspecified atom stereocenters. The lowest BCUT2D eigenvalue weighted by Gasteiger charge is -2.33. The third-order valence-corrected chi connectivity index (χ3v) is 8.13. The predicted molar refractivity (Wildman–Crippen MR) is 132 cm³/mol. The Kier molecular flexibility index (Phi) is 6.32. The minimum absolute atomic E-state index is 0.179. The number of hydrogen-bond acceptors (Lipinski definition) is 4. The molecule has 4 aliphatic rings. The molecule has 0 aromatic heterocycles. The molecule has 34 heavy (non-hydrogen) atoms. The number of amides is 1. The van der Waals surface area contributed by atoms with E-state index in [1.807, 2.05) is 12.1 Å². The molecule has 2 saturated heterocycles. The molecule has 2 aromatic carbocycles. The van der Waals surface area contributed by atoms with Crippen LogP contribution in [0.2, 0.25) is 0 Å². The number of piperidine rings is 1. The van der Waals surface area contributed by atoms with Crippen LogP contribution in [0.3, 0.4) is 0 Å². The van der Waals surface area contributed by atoms with E-state index in [0.717, 1.165) is 68.7 Å². The van der Waals surface area contributed by atoms with E-state index in [1.54, 1.807) is 0 Å². The SMILES string of the molecule is O=C1c2ccc(OCC3CCCO3)cc2CCN1C1Cc2ccc(CN3CCCCC3)cc2C1. The quantitative estimate of drug-likeness (QED) is 0.641. The molecule has 3 heterocycles. The van der Waals surface area contributed by atoms with E-state index in [-0.39, 0.29) is 18.1 Å². The Morgan fingerprint density at radius 2 is 1.79 bits per heavy atom. The molecule has 0 spiro atoms. The first-order chi connectivity index (χ1) is 16.7. The molecule has 3 aliphatic heterocycles. The monoisotopic (exact) mass is 460 g/mol. The number of carbonyl (C=O) groups is 1. The summed E-state index contributed by atoms with van der Waals surface area (Å²) in [6.45, 7) is 5.74. The van der Waals surface area contributed by atoms with Crippen molar-refractivity contribution in [1.82, 2.24) is 9.80 Å². The zero-order valence-electron chi connectivity index (χ0n) is 20.1. The number of fused-ring (bicyclic) bond motifs is 2. The summed E-state index contributed by atoms with van der Waals surface area (Å²) in [5.74, 6) is 1.03. The fourth-order valence-corrected chi connectivity index (χ4v) is 6.23. The van der Waals surface area contributed by atoms with Gasteiger partial charge in [-0.1, -0.05) is 24.6 Å². The van der Waals surface area contributed by atoms with Gasteiger partial charge in [0, 0.05) is 31.3 Å². The van der Waals surface area contributed by atoms with Gasteiger partial charge in [0.1, 0.15) is 12.4 Å². The summed E-state index contributed by atoms with van der Waals surface area (Å²) in [5, 5.41) is 0. The van der Waals surface area contributed by atoms with Gasteiger partial charge in [0.25, 0.3) is 5.91 Å². The van der Waals surface area contributed by atoms with E-state index >= 15 is 0 Å². The van der Waals surface area contributed by atoms with Crippen LogP contribution in [0.15, 0.2) is 36.4 Å². The summed E-state index contributed by atoms with van der Waals surface area (Å²) in [6, 6.07) is 13.3. The summed E-state index contributed by atoms with van der Waals surface area (Å²) in [6.07, 6.45) is 9.27. The molecule has 1 amide bonds. The smallest absolute Gasteiger partial charge is 0.254 e. The number of ether oxygens (including phenoxy) is 2. The highest BCUT2D eigenvalue weighted by Crippen LogP contribution is 2.32. The lowest BCUT2D eigenvalue weighted by Crippen LogP contribution is -2.45. The summed E-state index contributed by atoms with van der Waals surface area (Å²) in [7, 11) is 0. The molecule has 1 aliphatic carbocycles. The number of nitrogens with zero attached hydrogens (tertiary/aromatic N) is 2. The van der Waals surface area contributed by atoms with Gasteiger partial charge in [0.05, 0.1) is 6.10 Å². The topological polar surface area (TPSA) is 42.0 Å². The Hall–Kier alpha value is -2.37. The number of rotatable bonds is 6. The van der Waals surface area contributed by atoms with Crippen LogP contribution >= 0.6 is 0 Å². The maximum Gasteiger partial charge on any atom is 0.254 e. The average Bonchev–Trinajstić information content (AvgIpc) is 3.53. The molecule has 5 nitrogen and oxygen atoms in total. The van der Waals surface area contributed by atoms with Gasteiger partial charge in [0.15, 0.2) is 0 Å². The summed E-state index contributed by atoms with van der Waals surface area (Å²) < 4.78 is 11.6. The van der Waals surface area contributed by atoms with E-state index in [9.17, 15) is 4.79 Å². The van der Waals surface area contributed by atoms with Crippen molar-refractivity contribution in [2.45, 2.75) is 70.1 Å². The standard InChI is InChI=1S/C29H36N2O3/c32-29-28-9-8-26(34-20-27-5-4-14-33-27)18-23(28)10-13-31(29)25-16-22-7-6-21(15-24(22)17-25)19-30-11-2-1-3-12-30/h6-9,15,18,25,27H,1-5,10-14,16-17,19-20H2. The van der Waals surface area contributed by atoms with Crippen LogP contribution in [0.1, 0.15) is 64.7 Å². The fraction of sp³-hybridized carbons (Fsp3) is 0.552. The van der Waals surface area contributed by atoms with Crippen molar-refractivity contribution in [1.29, 1.82) is 0 Å². The number of likely N-dealkylation sites (tertiary alicyclic amines) is 1. The molecular formula is C29H36N2O3. The second-order valence-electron chi connectivity index (χ2n) is 10.5. The number of hydrogen-bond donors (Lipinski definition) is 0. The van der Waals surface area contributed by atoms with Gasteiger partial charge in [-0.2, -0.15) is 0 Å². The Labute approximate surface area is 203 Å². The Balaban J connectivity index is 1.09. The Morgan fingerprint density at radius 3 is 2.65 bits per heavy atom. The first-order valence-electron chi connectivity index (χ1n) is 13.2. The zero-order valence-corrected chi connectivity index (χ0v) is 20.1. The van der Waals surface area contributed by atoms with Crippen molar-refractivity contribution in [3.63, 3.8) is 0 Å². The third kappa shape index (κ3) is 4.60. The molecular weight excluding hydrogens is 424 g/mol.